The van der Waals surface area contributed by atoms with Crippen molar-refractivity contribution in [3.8, 4) is 0 Å². The second-order valence-electron chi connectivity index (χ2n) is 2.93. The highest BCUT2D eigenvalue weighted by Gasteiger charge is 2.27. The molecule has 1 N–H and O–H groups in total. The molecule has 1 aromatic carbocycles. The van der Waals surface area contributed by atoms with Crippen molar-refractivity contribution in [2.75, 3.05) is 5.32 Å². The molecule has 1 heterocycles. The first-order valence-corrected chi connectivity index (χ1v) is 4.30. The van der Waals surface area contributed by atoms with Crippen LogP contribution in [0.2, 0.25) is 0 Å². The van der Waals surface area contributed by atoms with Gasteiger partial charge >= 0.3 is 0 Å². The van der Waals surface area contributed by atoms with E-state index in [1.54, 1.807) is 0 Å². The third-order valence-electron chi connectivity index (χ3n) is 2.10. The number of fused-ring (bicyclic) bond motifs is 1. The Balaban J connectivity index is 2.60. The number of para-hydroxylation sites is 1. The predicted molar refractivity (Wildman–Crippen MR) is 51.5 cm³/mol. The molecule has 3 heteroatoms. The van der Waals surface area contributed by atoms with Gasteiger partial charge in [0.15, 0.2) is 0 Å². The van der Waals surface area contributed by atoms with Crippen molar-refractivity contribution in [1.29, 1.82) is 0 Å². The quantitative estimate of drug-likeness (QED) is 0.585. The van der Waals surface area contributed by atoms with Gasteiger partial charge in [-0.05, 0) is 18.1 Å². The Morgan fingerprint density at radius 1 is 1.50 bits per heavy atom. The topological polar surface area (TPSA) is 29.1 Å². The van der Waals surface area contributed by atoms with Gasteiger partial charge in [-0.3, -0.25) is 4.79 Å². The van der Waals surface area contributed by atoms with Gasteiger partial charge < -0.3 is 5.32 Å². The molecule has 1 atom stereocenters. The van der Waals surface area contributed by atoms with Crippen LogP contribution >= 0.6 is 12.6 Å². The molecule has 2 rings (SSSR count). The summed E-state index contributed by atoms with van der Waals surface area (Å²) in [5.74, 6) is -0.0253. The number of hydrogen-bond donors (Lipinski definition) is 2. The molecule has 0 aliphatic carbocycles. The lowest BCUT2D eigenvalue weighted by atomic mass is 10.1. The summed E-state index contributed by atoms with van der Waals surface area (Å²) in [6.45, 7) is 1.98. The number of rotatable bonds is 0. The van der Waals surface area contributed by atoms with Crippen molar-refractivity contribution in [2.24, 2.45) is 0 Å². The number of hydrogen-bond acceptors (Lipinski definition) is 2. The molecule has 0 spiro atoms. The molecule has 12 heavy (non-hydrogen) atoms. The zero-order chi connectivity index (χ0) is 8.72. The number of anilines is 1. The Labute approximate surface area is 76.4 Å². The molecule has 0 radical (unpaired) electrons. The first-order valence-electron chi connectivity index (χ1n) is 3.78. The third kappa shape index (κ3) is 0.932. The lowest BCUT2D eigenvalue weighted by molar-refractivity contribution is -0.115. The molecule has 1 aliphatic rings. The molecule has 0 aromatic heterocycles. The minimum Gasteiger partial charge on any atom is -0.324 e. The highest BCUT2D eigenvalue weighted by molar-refractivity contribution is 7.81. The Bertz CT molecular complexity index is 348. The van der Waals surface area contributed by atoms with Gasteiger partial charge in [0.25, 0.3) is 0 Å². The van der Waals surface area contributed by atoms with Gasteiger partial charge in [-0.15, -0.1) is 0 Å². The van der Waals surface area contributed by atoms with Crippen molar-refractivity contribution in [3.05, 3.63) is 29.3 Å². The van der Waals surface area contributed by atoms with Gasteiger partial charge in [0, 0.05) is 5.69 Å². The van der Waals surface area contributed by atoms with Gasteiger partial charge in [-0.2, -0.15) is 12.6 Å². The number of carbonyl (C=O) groups excluding carboxylic acids is 1. The summed E-state index contributed by atoms with van der Waals surface area (Å²) in [5.41, 5.74) is 3.02. The van der Waals surface area contributed by atoms with E-state index < -0.39 is 0 Å². The Hall–Kier alpha value is -0.960. The minimum absolute atomic E-state index is 0.0253. The van der Waals surface area contributed by atoms with Gasteiger partial charge in [0.05, 0.1) is 0 Å². The zero-order valence-corrected chi connectivity index (χ0v) is 7.56. The van der Waals surface area contributed by atoms with E-state index in [0.29, 0.717) is 0 Å². The molecule has 0 fully saturated rings. The van der Waals surface area contributed by atoms with Gasteiger partial charge in [-0.25, -0.2) is 0 Å². The van der Waals surface area contributed by atoms with Crippen LogP contribution < -0.4 is 5.32 Å². The molecule has 62 valence electrons. The van der Waals surface area contributed by atoms with Crippen LogP contribution in [-0.4, -0.2) is 5.91 Å². The average Bonchev–Trinajstić information content (AvgIpc) is 2.32. The first kappa shape index (κ1) is 7.68. The van der Waals surface area contributed by atoms with Crippen LogP contribution in [-0.2, 0) is 4.79 Å². The summed E-state index contributed by atoms with van der Waals surface area (Å²) in [6, 6.07) is 5.85. The van der Waals surface area contributed by atoms with E-state index >= 15 is 0 Å². The Morgan fingerprint density at radius 2 is 2.25 bits per heavy atom. The maximum absolute atomic E-state index is 11.2. The van der Waals surface area contributed by atoms with E-state index in [1.807, 2.05) is 25.1 Å². The summed E-state index contributed by atoms with van der Waals surface area (Å²) in [6.07, 6.45) is 0. The number of thiol groups is 1. The van der Waals surface area contributed by atoms with Crippen molar-refractivity contribution in [3.63, 3.8) is 0 Å². The largest absolute Gasteiger partial charge is 0.324 e. The maximum atomic E-state index is 11.2. The predicted octanol–water partition coefficient (Wildman–Crippen LogP) is 1.92. The number of nitrogens with one attached hydrogen (secondary N) is 1. The van der Waals surface area contributed by atoms with Crippen molar-refractivity contribution in [2.45, 2.75) is 12.2 Å². The standard InChI is InChI=1S/C9H9NOS/c1-5-3-2-4-6-7(5)10-9(11)8(6)12/h2-4,8,12H,1H3,(H,10,11). The first-order chi connectivity index (χ1) is 5.70. The highest BCUT2D eigenvalue weighted by Crippen LogP contribution is 2.36. The second kappa shape index (κ2) is 2.52. The van der Waals surface area contributed by atoms with Crippen LogP contribution in [0.4, 0.5) is 5.69 Å². The lowest BCUT2D eigenvalue weighted by Crippen LogP contribution is -2.07. The van der Waals surface area contributed by atoms with E-state index in [2.05, 4.69) is 17.9 Å². The summed E-state index contributed by atoms with van der Waals surface area (Å²) in [5, 5.41) is 2.51. The summed E-state index contributed by atoms with van der Waals surface area (Å²) < 4.78 is 0. The smallest absolute Gasteiger partial charge is 0.241 e. The molecule has 1 unspecified atom stereocenters. The molecule has 1 aliphatic heterocycles. The average molecular weight is 179 g/mol. The molecule has 0 saturated carbocycles. The summed E-state index contributed by atoms with van der Waals surface area (Å²) >= 11 is 4.20. The van der Waals surface area contributed by atoms with Crippen molar-refractivity contribution in [1.82, 2.24) is 0 Å². The molecular formula is C9H9NOS. The minimum atomic E-state index is -0.292. The summed E-state index contributed by atoms with van der Waals surface area (Å²) in [4.78, 5) is 11.2. The van der Waals surface area contributed by atoms with Crippen LogP contribution in [0.3, 0.4) is 0 Å². The fourth-order valence-electron chi connectivity index (χ4n) is 1.42. The van der Waals surface area contributed by atoms with Crippen LogP contribution in [0.5, 0.6) is 0 Å². The van der Waals surface area contributed by atoms with E-state index in [9.17, 15) is 4.79 Å². The van der Waals surface area contributed by atoms with Crippen LogP contribution in [0.25, 0.3) is 0 Å². The fourth-order valence-corrected chi connectivity index (χ4v) is 1.70. The third-order valence-corrected chi connectivity index (χ3v) is 2.61. The molecule has 1 aromatic rings. The van der Waals surface area contributed by atoms with Gasteiger partial charge in [0.2, 0.25) is 5.91 Å². The van der Waals surface area contributed by atoms with Crippen LogP contribution in [0.1, 0.15) is 16.4 Å². The van der Waals surface area contributed by atoms with E-state index in [1.165, 1.54) is 0 Å². The van der Waals surface area contributed by atoms with Gasteiger partial charge in [-0.1, -0.05) is 18.2 Å². The number of benzene rings is 1. The molecule has 1 amide bonds. The number of aryl methyl sites for hydroxylation is 1. The molecular weight excluding hydrogens is 170 g/mol. The van der Waals surface area contributed by atoms with Gasteiger partial charge in [0.1, 0.15) is 5.25 Å². The number of amides is 1. The lowest BCUT2D eigenvalue weighted by Gasteiger charge is -2.01. The Morgan fingerprint density at radius 3 is 2.92 bits per heavy atom. The second-order valence-corrected chi connectivity index (χ2v) is 3.45. The zero-order valence-electron chi connectivity index (χ0n) is 6.66. The Kier molecular flexibility index (Phi) is 1.61. The highest BCUT2D eigenvalue weighted by atomic mass is 32.1. The summed E-state index contributed by atoms with van der Waals surface area (Å²) in [7, 11) is 0. The normalized spacial score (nSPS) is 20.5. The van der Waals surface area contributed by atoms with E-state index in [0.717, 1.165) is 16.8 Å². The van der Waals surface area contributed by atoms with E-state index in [4.69, 9.17) is 0 Å². The molecule has 0 saturated heterocycles. The monoisotopic (exact) mass is 179 g/mol. The van der Waals surface area contributed by atoms with Crippen LogP contribution in [0, 0.1) is 6.92 Å². The SMILES string of the molecule is Cc1cccc2c1NC(=O)C2S. The van der Waals surface area contributed by atoms with Crippen molar-refractivity contribution >= 4 is 24.2 Å². The maximum Gasteiger partial charge on any atom is 0.241 e. The molecule has 2 nitrogen and oxygen atoms in total. The van der Waals surface area contributed by atoms with Crippen LogP contribution in [0.15, 0.2) is 18.2 Å². The number of carbonyl (C=O) groups is 1. The van der Waals surface area contributed by atoms with E-state index in [-0.39, 0.29) is 11.2 Å². The molecule has 0 bridgehead atoms. The fraction of sp³-hybridized carbons (Fsp3) is 0.222. The van der Waals surface area contributed by atoms with Crippen molar-refractivity contribution < 1.29 is 4.79 Å².